The van der Waals surface area contributed by atoms with E-state index in [1.54, 1.807) is 56.3 Å². The van der Waals surface area contributed by atoms with E-state index < -0.39 is 29.7 Å². The molecule has 0 amide bonds. The predicted molar refractivity (Wildman–Crippen MR) is 114 cm³/mol. The van der Waals surface area contributed by atoms with E-state index in [0.717, 1.165) is 5.56 Å². The summed E-state index contributed by atoms with van der Waals surface area (Å²) in [4.78, 5) is 14.7. The first-order valence-corrected chi connectivity index (χ1v) is 10.2. The van der Waals surface area contributed by atoms with Gasteiger partial charge in [0.25, 0.3) is 5.56 Å². The zero-order valence-electron chi connectivity index (χ0n) is 16.3. The van der Waals surface area contributed by atoms with Crippen molar-refractivity contribution in [3.63, 3.8) is 0 Å². The molecule has 1 aromatic heterocycles. The van der Waals surface area contributed by atoms with Crippen LogP contribution in [-0.2, 0) is 5.41 Å². The fourth-order valence-electron chi connectivity index (χ4n) is 4.58. The summed E-state index contributed by atoms with van der Waals surface area (Å²) in [5.41, 5.74) is -2.84. The number of aromatic amines is 1. The van der Waals surface area contributed by atoms with Crippen molar-refractivity contribution in [1.82, 2.24) is 4.98 Å². The number of rotatable bonds is 2. The van der Waals surface area contributed by atoms with Crippen LogP contribution in [0.4, 0.5) is 18.9 Å². The van der Waals surface area contributed by atoms with Crippen LogP contribution in [0.5, 0.6) is 0 Å². The van der Waals surface area contributed by atoms with Gasteiger partial charge in [-0.2, -0.15) is 13.2 Å². The van der Waals surface area contributed by atoms with Crippen LogP contribution in [0.1, 0.15) is 37.4 Å². The van der Waals surface area contributed by atoms with Gasteiger partial charge in [0.15, 0.2) is 5.60 Å². The smallest absolute Gasteiger partial charge is 0.379 e. The van der Waals surface area contributed by atoms with E-state index in [1.807, 2.05) is 0 Å². The maximum absolute atomic E-state index is 14.2. The molecule has 1 heterocycles. The van der Waals surface area contributed by atoms with Gasteiger partial charge in [0.05, 0.1) is 6.04 Å². The number of hydrogen-bond acceptors (Lipinski definition) is 3. The Hall–Kier alpha value is -2.32. The molecule has 1 aliphatic carbocycles. The predicted octanol–water partition coefficient (Wildman–Crippen LogP) is 5.42. The third kappa shape index (κ3) is 3.13. The summed E-state index contributed by atoms with van der Waals surface area (Å²) in [6.45, 7) is 3.39. The van der Waals surface area contributed by atoms with Gasteiger partial charge in [-0.1, -0.05) is 48.0 Å². The molecule has 3 N–H and O–H groups in total. The van der Waals surface area contributed by atoms with Crippen molar-refractivity contribution in [2.75, 3.05) is 5.32 Å². The Kier molecular flexibility index (Phi) is 4.78. The van der Waals surface area contributed by atoms with E-state index in [1.165, 1.54) is 6.20 Å². The molecule has 0 fully saturated rings. The van der Waals surface area contributed by atoms with E-state index in [4.69, 9.17) is 0 Å². The van der Waals surface area contributed by atoms with Gasteiger partial charge in [-0.05, 0) is 47.2 Å². The largest absolute Gasteiger partial charge is 0.419 e. The molecule has 2 unspecified atom stereocenters. The summed E-state index contributed by atoms with van der Waals surface area (Å²) in [6.07, 6.45) is -3.94. The van der Waals surface area contributed by atoms with E-state index in [-0.39, 0.29) is 5.56 Å². The fraction of sp³-hybridized carbons (Fsp3) is 0.318. The normalized spacial score (nSPS) is 23.2. The molecule has 0 saturated carbocycles. The number of aliphatic hydroxyl groups is 1. The van der Waals surface area contributed by atoms with Gasteiger partial charge < -0.3 is 15.4 Å². The third-order valence-electron chi connectivity index (χ3n) is 5.83. The average Bonchev–Trinajstić information content (AvgIpc) is 2.64. The summed E-state index contributed by atoms with van der Waals surface area (Å²) in [5.74, 6) is 0. The van der Waals surface area contributed by atoms with Gasteiger partial charge in [-0.3, -0.25) is 4.79 Å². The molecule has 8 heteroatoms. The van der Waals surface area contributed by atoms with E-state index in [2.05, 4.69) is 26.2 Å². The number of H-pyrrole nitrogens is 1. The molecular formula is C22H20BrF3N2O2. The molecular weight excluding hydrogens is 461 g/mol. The number of halogens is 4. The summed E-state index contributed by atoms with van der Waals surface area (Å²) < 4.78 is 43.4. The number of alkyl halides is 3. The lowest BCUT2D eigenvalue weighted by Gasteiger charge is -2.49. The van der Waals surface area contributed by atoms with Gasteiger partial charge in [-0.15, -0.1) is 0 Å². The standard InChI is InChI=1S/C22H20BrF3N2O2/c1-20(2)11-21(30,22(24,25)26)18(14-6-3-7-15(23)17(14)20)28-16-8-4-5-13-12(16)9-10-27-19(13)29/h3-10,18,28,30H,11H2,1-2H3,(H,27,29). The molecule has 4 rings (SSSR count). The number of fused-ring (bicyclic) bond motifs is 2. The molecule has 0 spiro atoms. The minimum absolute atomic E-state index is 0.338. The van der Waals surface area contributed by atoms with Crippen LogP contribution in [0.25, 0.3) is 10.8 Å². The molecule has 2 atom stereocenters. The average molecular weight is 481 g/mol. The first-order chi connectivity index (χ1) is 14.0. The number of pyridine rings is 1. The lowest BCUT2D eigenvalue weighted by Crippen LogP contribution is -2.58. The van der Waals surface area contributed by atoms with Crippen LogP contribution in [-0.4, -0.2) is 21.9 Å². The summed E-state index contributed by atoms with van der Waals surface area (Å²) in [5, 5.41) is 14.8. The minimum Gasteiger partial charge on any atom is -0.379 e. The Balaban J connectivity index is 1.96. The molecule has 0 bridgehead atoms. The Morgan fingerprint density at radius 1 is 1.13 bits per heavy atom. The van der Waals surface area contributed by atoms with Crippen LogP contribution in [0.2, 0.25) is 0 Å². The maximum atomic E-state index is 14.2. The number of aromatic nitrogens is 1. The molecule has 4 nitrogen and oxygen atoms in total. The van der Waals surface area contributed by atoms with E-state index >= 15 is 0 Å². The SMILES string of the molecule is CC1(C)CC(O)(C(F)(F)F)C(Nc2cccc3c(=O)[nH]ccc23)c2cccc(Br)c21. The topological polar surface area (TPSA) is 65.1 Å². The van der Waals surface area contributed by atoms with Crippen molar-refractivity contribution < 1.29 is 18.3 Å². The van der Waals surface area contributed by atoms with Crippen molar-refractivity contribution in [3.8, 4) is 0 Å². The second kappa shape index (κ2) is 6.85. The Morgan fingerprint density at radius 2 is 1.83 bits per heavy atom. The molecule has 1 aliphatic rings. The maximum Gasteiger partial charge on any atom is 0.419 e. The Labute approximate surface area is 179 Å². The molecule has 0 radical (unpaired) electrons. The first-order valence-electron chi connectivity index (χ1n) is 9.41. The highest BCUT2D eigenvalue weighted by atomic mass is 79.9. The molecule has 0 aliphatic heterocycles. The highest BCUT2D eigenvalue weighted by molar-refractivity contribution is 9.10. The molecule has 158 valence electrons. The second-order valence-electron chi connectivity index (χ2n) is 8.34. The zero-order chi connectivity index (χ0) is 21.9. The van der Waals surface area contributed by atoms with Gasteiger partial charge >= 0.3 is 6.18 Å². The first kappa shape index (κ1) is 20.9. The van der Waals surface area contributed by atoms with Crippen LogP contribution >= 0.6 is 15.9 Å². The minimum atomic E-state index is -4.87. The van der Waals surface area contributed by atoms with Crippen molar-refractivity contribution in [1.29, 1.82) is 0 Å². The molecule has 2 aromatic carbocycles. The van der Waals surface area contributed by atoms with Crippen LogP contribution in [0, 0.1) is 0 Å². The summed E-state index contributed by atoms with van der Waals surface area (Å²) in [7, 11) is 0. The van der Waals surface area contributed by atoms with Crippen molar-refractivity contribution >= 4 is 32.4 Å². The highest BCUT2D eigenvalue weighted by Gasteiger charge is 2.64. The van der Waals surface area contributed by atoms with Gasteiger partial charge in [0.1, 0.15) is 0 Å². The van der Waals surface area contributed by atoms with Crippen molar-refractivity contribution in [3.05, 3.63) is 74.6 Å². The van der Waals surface area contributed by atoms with E-state index in [9.17, 15) is 23.1 Å². The molecule has 30 heavy (non-hydrogen) atoms. The monoisotopic (exact) mass is 480 g/mol. The lowest BCUT2D eigenvalue weighted by atomic mass is 9.63. The Bertz CT molecular complexity index is 1190. The van der Waals surface area contributed by atoms with Crippen molar-refractivity contribution in [2.24, 2.45) is 0 Å². The quantitative estimate of drug-likeness (QED) is 0.458. The van der Waals surface area contributed by atoms with Gasteiger partial charge in [0, 0.05) is 27.1 Å². The van der Waals surface area contributed by atoms with Gasteiger partial charge in [-0.25, -0.2) is 0 Å². The van der Waals surface area contributed by atoms with E-state index in [0.29, 0.717) is 26.5 Å². The molecule has 0 saturated heterocycles. The number of anilines is 1. The van der Waals surface area contributed by atoms with Crippen molar-refractivity contribution in [2.45, 2.75) is 43.5 Å². The molecule has 3 aromatic rings. The number of nitrogens with one attached hydrogen (secondary N) is 2. The third-order valence-corrected chi connectivity index (χ3v) is 6.49. The number of hydrogen-bond donors (Lipinski definition) is 3. The van der Waals surface area contributed by atoms with Gasteiger partial charge in [0.2, 0.25) is 0 Å². The lowest BCUT2D eigenvalue weighted by molar-refractivity contribution is -0.275. The highest BCUT2D eigenvalue weighted by Crippen LogP contribution is 2.55. The van der Waals surface area contributed by atoms with Crippen LogP contribution in [0.15, 0.2) is 57.9 Å². The van der Waals surface area contributed by atoms with Crippen LogP contribution in [0.3, 0.4) is 0 Å². The van der Waals surface area contributed by atoms with Crippen LogP contribution < -0.4 is 10.9 Å². The fourth-order valence-corrected chi connectivity index (χ4v) is 5.50. The summed E-state index contributed by atoms with van der Waals surface area (Å²) in [6, 6.07) is 10.0. The Morgan fingerprint density at radius 3 is 2.53 bits per heavy atom. The second-order valence-corrected chi connectivity index (χ2v) is 9.19. The zero-order valence-corrected chi connectivity index (χ0v) is 17.9. The number of benzene rings is 2. The summed E-state index contributed by atoms with van der Waals surface area (Å²) >= 11 is 3.47.